The summed E-state index contributed by atoms with van der Waals surface area (Å²) in [6, 6.07) is 37.6. The maximum atomic E-state index is 14.0. The summed E-state index contributed by atoms with van der Waals surface area (Å²) >= 11 is 0. The summed E-state index contributed by atoms with van der Waals surface area (Å²) in [7, 11) is 0. The molecule has 1 aliphatic carbocycles. The Morgan fingerprint density at radius 1 is 0.650 bits per heavy atom. The number of anilines is 3. The van der Waals surface area contributed by atoms with Crippen molar-refractivity contribution >= 4 is 55.3 Å². The largest absolute Gasteiger partial charge is 0.310 e. The van der Waals surface area contributed by atoms with E-state index in [1.807, 2.05) is 30.3 Å². The van der Waals surface area contributed by atoms with Crippen LogP contribution in [0.3, 0.4) is 0 Å². The van der Waals surface area contributed by atoms with Crippen LogP contribution in [-0.2, 0) is 0 Å². The molecule has 0 unspecified atom stereocenters. The number of para-hydroxylation sites is 1. The minimum absolute atomic E-state index is 0.0415. The fourth-order valence-corrected chi connectivity index (χ4v) is 5.63. The van der Waals surface area contributed by atoms with Gasteiger partial charge in [0.2, 0.25) is 0 Å². The highest BCUT2D eigenvalue weighted by molar-refractivity contribution is 6.00. The second kappa shape index (κ2) is 9.87. The Hall–Kier alpha value is -5.15. The van der Waals surface area contributed by atoms with Crippen molar-refractivity contribution in [2.24, 2.45) is 0 Å². The van der Waals surface area contributed by atoms with E-state index >= 15 is 0 Å². The minimum atomic E-state index is 0.0415. The molecular formula is C37H28N2O. The van der Waals surface area contributed by atoms with Gasteiger partial charge in [-0.25, -0.2) is 0 Å². The molecule has 3 heteroatoms. The molecule has 0 atom stereocenters. The summed E-state index contributed by atoms with van der Waals surface area (Å²) in [5.74, 6) is 0. The van der Waals surface area contributed by atoms with Crippen LogP contribution < -0.4 is 10.3 Å². The second-order valence-corrected chi connectivity index (χ2v) is 10.2. The number of fused-ring (bicyclic) bond motifs is 3. The Morgan fingerprint density at radius 2 is 1.35 bits per heavy atom. The summed E-state index contributed by atoms with van der Waals surface area (Å²) in [5, 5.41) is 3.77. The molecule has 0 amide bonds. The van der Waals surface area contributed by atoms with Crippen LogP contribution in [0.5, 0.6) is 0 Å². The SMILES string of the molecule is Cc1ccc(N(c2ccc3ccccc3c2)c2ccc3c(c2)c(=O)c2ccccc2n3C2=CC=CCC=C2)cc1. The highest BCUT2D eigenvalue weighted by Gasteiger charge is 2.18. The molecular weight excluding hydrogens is 488 g/mol. The molecule has 0 spiro atoms. The van der Waals surface area contributed by atoms with Gasteiger partial charge in [0.25, 0.3) is 0 Å². The van der Waals surface area contributed by atoms with E-state index < -0.39 is 0 Å². The van der Waals surface area contributed by atoms with E-state index in [1.54, 1.807) is 0 Å². The number of nitrogens with zero attached hydrogens (tertiary/aromatic N) is 2. The third-order valence-corrected chi connectivity index (χ3v) is 7.62. The summed E-state index contributed by atoms with van der Waals surface area (Å²) in [4.78, 5) is 16.2. The van der Waals surface area contributed by atoms with Gasteiger partial charge < -0.3 is 9.47 Å². The molecule has 0 saturated heterocycles. The Balaban J connectivity index is 1.50. The lowest BCUT2D eigenvalue weighted by Gasteiger charge is -2.27. The predicted molar refractivity (Wildman–Crippen MR) is 170 cm³/mol. The Kier molecular flexibility index (Phi) is 5.90. The molecule has 0 N–H and O–H groups in total. The molecule has 1 aromatic heterocycles. The van der Waals surface area contributed by atoms with Crippen LogP contribution in [0.25, 0.3) is 38.3 Å². The first kappa shape index (κ1) is 23.9. The normalized spacial score (nSPS) is 13.1. The summed E-state index contributed by atoms with van der Waals surface area (Å²) < 4.78 is 2.20. The first-order valence-electron chi connectivity index (χ1n) is 13.6. The first-order chi connectivity index (χ1) is 19.7. The zero-order valence-electron chi connectivity index (χ0n) is 22.3. The summed E-state index contributed by atoms with van der Waals surface area (Å²) in [5.41, 5.74) is 7.10. The van der Waals surface area contributed by atoms with Gasteiger partial charge in [0, 0.05) is 33.5 Å². The molecule has 3 nitrogen and oxygen atoms in total. The van der Waals surface area contributed by atoms with Crippen LogP contribution in [0.4, 0.5) is 17.1 Å². The van der Waals surface area contributed by atoms with Crippen molar-refractivity contribution in [3.05, 3.63) is 155 Å². The molecule has 7 rings (SSSR count). The van der Waals surface area contributed by atoms with Gasteiger partial charge in [-0.05, 0) is 90.9 Å². The van der Waals surface area contributed by atoms with Crippen LogP contribution >= 0.6 is 0 Å². The van der Waals surface area contributed by atoms with Crippen molar-refractivity contribution in [1.29, 1.82) is 0 Å². The number of pyridine rings is 1. The van der Waals surface area contributed by atoms with Gasteiger partial charge in [-0.15, -0.1) is 0 Å². The second-order valence-electron chi connectivity index (χ2n) is 10.2. The van der Waals surface area contributed by atoms with Crippen LogP contribution in [0, 0.1) is 6.92 Å². The molecule has 40 heavy (non-hydrogen) atoms. The van der Waals surface area contributed by atoms with Gasteiger partial charge in [0.1, 0.15) is 0 Å². The first-order valence-corrected chi connectivity index (χ1v) is 13.6. The molecule has 6 aromatic rings. The summed E-state index contributed by atoms with van der Waals surface area (Å²) in [6.07, 6.45) is 11.5. The Morgan fingerprint density at radius 3 is 2.23 bits per heavy atom. The van der Waals surface area contributed by atoms with Crippen LogP contribution in [-0.4, -0.2) is 4.57 Å². The van der Waals surface area contributed by atoms with Gasteiger partial charge in [0.15, 0.2) is 5.43 Å². The molecule has 0 bridgehead atoms. The smallest absolute Gasteiger partial charge is 0.197 e. The van der Waals surface area contributed by atoms with Gasteiger partial charge in [-0.1, -0.05) is 78.4 Å². The lowest BCUT2D eigenvalue weighted by atomic mass is 10.1. The van der Waals surface area contributed by atoms with Crippen molar-refractivity contribution in [3.63, 3.8) is 0 Å². The quantitative estimate of drug-likeness (QED) is 0.218. The number of hydrogen-bond donors (Lipinski definition) is 0. The topological polar surface area (TPSA) is 25.2 Å². The molecule has 0 aliphatic heterocycles. The fraction of sp³-hybridized carbons (Fsp3) is 0.0541. The summed E-state index contributed by atoms with van der Waals surface area (Å²) in [6.45, 7) is 2.10. The average molecular weight is 517 g/mol. The molecule has 0 radical (unpaired) electrons. The van der Waals surface area contributed by atoms with Gasteiger partial charge in [-0.3, -0.25) is 4.79 Å². The third kappa shape index (κ3) is 4.13. The van der Waals surface area contributed by atoms with E-state index in [2.05, 4.69) is 126 Å². The molecule has 1 aliphatic rings. The number of aryl methyl sites for hydroxylation is 1. The van der Waals surface area contributed by atoms with E-state index in [0.717, 1.165) is 40.2 Å². The minimum Gasteiger partial charge on any atom is -0.310 e. The monoisotopic (exact) mass is 516 g/mol. The number of rotatable bonds is 4. The maximum absolute atomic E-state index is 14.0. The van der Waals surface area contributed by atoms with Gasteiger partial charge >= 0.3 is 0 Å². The zero-order valence-corrected chi connectivity index (χ0v) is 22.3. The van der Waals surface area contributed by atoms with Crippen molar-refractivity contribution in [1.82, 2.24) is 4.57 Å². The maximum Gasteiger partial charge on any atom is 0.197 e. The molecule has 0 saturated carbocycles. The van der Waals surface area contributed by atoms with Gasteiger partial charge in [0.05, 0.1) is 11.0 Å². The highest BCUT2D eigenvalue weighted by atomic mass is 16.1. The van der Waals surface area contributed by atoms with E-state index in [-0.39, 0.29) is 5.43 Å². The molecule has 1 heterocycles. The molecule has 0 fully saturated rings. The van der Waals surface area contributed by atoms with E-state index in [9.17, 15) is 4.79 Å². The van der Waals surface area contributed by atoms with Crippen molar-refractivity contribution in [3.8, 4) is 0 Å². The van der Waals surface area contributed by atoms with E-state index in [0.29, 0.717) is 10.8 Å². The fourth-order valence-electron chi connectivity index (χ4n) is 5.63. The van der Waals surface area contributed by atoms with Crippen LogP contribution in [0.15, 0.2) is 144 Å². The van der Waals surface area contributed by atoms with Crippen LogP contribution in [0.2, 0.25) is 0 Å². The van der Waals surface area contributed by atoms with Crippen molar-refractivity contribution in [2.45, 2.75) is 13.3 Å². The molecule has 5 aromatic carbocycles. The number of benzene rings is 5. The number of hydrogen-bond acceptors (Lipinski definition) is 2. The lowest BCUT2D eigenvalue weighted by molar-refractivity contribution is 1.21. The zero-order chi connectivity index (χ0) is 27.1. The molecule has 192 valence electrons. The van der Waals surface area contributed by atoms with E-state index in [1.165, 1.54) is 16.3 Å². The number of aromatic nitrogens is 1. The average Bonchev–Trinajstić information content (AvgIpc) is 3.28. The predicted octanol–water partition coefficient (Wildman–Crippen LogP) is 9.44. The Labute approximate surface area is 233 Å². The lowest BCUT2D eigenvalue weighted by Crippen LogP contribution is -2.14. The standard InChI is InChI=1S/C37H28N2O/c1-26-16-19-30(20-17-26)38(31-21-18-27-10-6-7-11-28(27)24-31)32-22-23-36-34(25-32)37(40)33-14-8-9-15-35(33)39(36)29-12-4-2-3-5-13-29/h2,4-25H,3H2,1H3. The van der Waals surface area contributed by atoms with E-state index in [4.69, 9.17) is 0 Å². The van der Waals surface area contributed by atoms with Gasteiger partial charge in [-0.2, -0.15) is 0 Å². The third-order valence-electron chi connectivity index (χ3n) is 7.62. The Bertz CT molecular complexity index is 2060. The van der Waals surface area contributed by atoms with Crippen molar-refractivity contribution in [2.75, 3.05) is 4.90 Å². The number of allylic oxidation sites excluding steroid dienone is 6. The highest BCUT2D eigenvalue weighted by Crippen LogP contribution is 2.38. The van der Waals surface area contributed by atoms with Crippen molar-refractivity contribution < 1.29 is 0 Å². The van der Waals surface area contributed by atoms with Crippen LogP contribution in [0.1, 0.15) is 12.0 Å².